The van der Waals surface area contributed by atoms with Gasteiger partial charge in [0.25, 0.3) is 0 Å². The van der Waals surface area contributed by atoms with E-state index < -0.39 is 0 Å². The number of amides is 2. The molecule has 1 N–H and O–H groups in total. The third kappa shape index (κ3) is 4.82. The third-order valence-electron chi connectivity index (χ3n) is 3.49. The van der Waals surface area contributed by atoms with Gasteiger partial charge in [-0.25, -0.2) is 0 Å². The van der Waals surface area contributed by atoms with Crippen molar-refractivity contribution in [2.45, 2.75) is 39.7 Å². The van der Waals surface area contributed by atoms with E-state index in [1.165, 1.54) is 0 Å². The first-order valence-corrected chi connectivity index (χ1v) is 7.01. The summed E-state index contributed by atoms with van der Waals surface area (Å²) in [4.78, 5) is 25.6. The van der Waals surface area contributed by atoms with Gasteiger partial charge < -0.3 is 15.0 Å². The molecular formula is C14H26N2O3. The van der Waals surface area contributed by atoms with E-state index in [9.17, 15) is 9.59 Å². The molecule has 1 aliphatic heterocycles. The maximum absolute atomic E-state index is 12.0. The van der Waals surface area contributed by atoms with Crippen LogP contribution < -0.4 is 5.32 Å². The molecule has 0 aliphatic carbocycles. The highest BCUT2D eigenvalue weighted by atomic mass is 16.5. The Balaban J connectivity index is 2.40. The van der Waals surface area contributed by atoms with Crippen LogP contribution in [0.2, 0.25) is 0 Å². The fourth-order valence-corrected chi connectivity index (χ4v) is 2.29. The number of nitrogens with one attached hydrogen (secondary N) is 1. The molecule has 0 spiro atoms. The number of ether oxygens (including phenoxy) is 1. The number of carbonyl (C=O) groups excluding carboxylic acids is 2. The Morgan fingerprint density at radius 3 is 2.74 bits per heavy atom. The zero-order valence-corrected chi connectivity index (χ0v) is 12.4. The number of nitrogens with zero attached hydrogens (tertiary/aromatic N) is 1. The van der Waals surface area contributed by atoms with Crippen LogP contribution in [0.1, 0.15) is 33.6 Å². The molecule has 19 heavy (non-hydrogen) atoms. The summed E-state index contributed by atoms with van der Waals surface area (Å²) in [6, 6.07) is 0.0333. The monoisotopic (exact) mass is 270 g/mol. The molecule has 1 heterocycles. The van der Waals surface area contributed by atoms with Crippen molar-refractivity contribution in [2.24, 2.45) is 11.8 Å². The molecule has 110 valence electrons. The zero-order chi connectivity index (χ0) is 14.4. The maximum atomic E-state index is 12.0. The van der Waals surface area contributed by atoms with Crippen molar-refractivity contribution in [3.63, 3.8) is 0 Å². The van der Waals surface area contributed by atoms with Gasteiger partial charge in [-0.2, -0.15) is 0 Å². The lowest BCUT2D eigenvalue weighted by molar-refractivity contribution is -0.130. The van der Waals surface area contributed by atoms with Crippen LogP contribution in [0.3, 0.4) is 0 Å². The second-order valence-corrected chi connectivity index (χ2v) is 5.73. The average molecular weight is 270 g/mol. The van der Waals surface area contributed by atoms with Gasteiger partial charge in [0, 0.05) is 26.6 Å². The van der Waals surface area contributed by atoms with Gasteiger partial charge in [0.05, 0.1) is 18.6 Å². The van der Waals surface area contributed by atoms with Gasteiger partial charge in [0.1, 0.15) is 0 Å². The molecule has 0 radical (unpaired) electrons. The molecule has 1 fully saturated rings. The number of methoxy groups -OCH3 is 1. The minimum absolute atomic E-state index is 0.00103. The number of likely N-dealkylation sites (tertiary alicyclic amines) is 1. The van der Waals surface area contributed by atoms with Gasteiger partial charge in [0.2, 0.25) is 11.8 Å². The minimum atomic E-state index is -0.209. The SMILES string of the molecule is COC[C@H](C)N1C[C@@H](C(=O)NCCC(C)C)CC1=O. The van der Waals surface area contributed by atoms with Gasteiger partial charge in [0.15, 0.2) is 0 Å². The standard InChI is InChI=1S/C14H26N2O3/c1-10(2)5-6-15-14(18)12-7-13(17)16(8-12)11(3)9-19-4/h10-12H,5-9H2,1-4H3,(H,15,18)/t11-,12-/m0/s1. The highest BCUT2D eigenvalue weighted by molar-refractivity contribution is 5.89. The van der Waals surface area contributed by atoms with Crippen molar-refractivity contribution in [2.75, 3.05) is 26.8 Å². The van der Waals surface area contributed by atoms with Crippen LogP contribution in [0.5, 0.6) is 0 Å². The molecule has 2 atom stereocenters. The predicted octanol–water partition coefficient (Wildman–Crippen LogP) is 1.03. The van der Waals surface area contributed by atoms with Crippen molar-refractivity contribution in [1.82, 2.24) is 10.2 Å². The van der Waals surface area contributed by atoms with Crippen molar-refractivity contribution in [3.8, 4) is 0 Å². The minimum Gasteiger partial charge on any atom is -0.383 e. The van der Waals surface area contributed by atoms with Crippen LogP contribution in [-0.4, -0.2) is 49.6 Å². The van der Waals surface area contributed by atoms with E-state index >= 15 is 0 Å². The molecule has 1 saturated heterocycles. The van der Waals surface area contributed by atoms with E-state index in [0.717, 1.165) is 6.42 Å². The molecule has 0 aromatic heterocycles. The lowest BCUT2D eigenvalue weighted by Gasteiger charge is -2.23. The summed E-state index contributed by atoms with van der Waals surface area (Å²) in [5.41, 5.74) is 0. The van der Waals surface area contributed by atoms with E-state index in [2.05, 4.69) is 19.2 Å². The number of carbonyl (C=O) groups is 2. The normalized spacial score (nSPS) is 21.0. The molecule has 1 aliphatic rings. The summed E-state index contributed by atoms with van der Waals surface area (Å²) in [5.74, 6) is 0.414. The number of hydrogen-bond donors (Lipinski definition) is 1. The van der Waals surface area contributed by atoms with Crippen LogP contribution >= 0.6 is 0 Å². The van der Waals surface area contributed by atoms with Crippen molar-refractivity contribution in [1.29, 1.82) is 0 Å². The molecule has 0 aromatic carbocycles. The summed E-state index contributed by atoms with van der Waals surface area (Å²) in [7, 11) is 1.62. The summed E-state index contributed by atoms with van der Waals surface area (Å²) in [5, 5.41) is 2.92. The Labute approximate surface area is 115 Å². The van der Waals surface area contributed by atoms with Crippen LogP contribution in [0, 0.1) is 11.8 Å². The smallest absolute Gasteiger partial charge is 0.225 e. The Bertz CT molecular complexity index is 318. The molecule has 2 amide bonds. The Morgan fingerprint density at radius 2 is 2.16 bits per heavy atom. The molecular weight excluding hydrogens is 244 g/mol. The number of rotatable bonds is 7. The first kappa shape index (κ1) is 16.0. The fourth-order valence-electron chi connectivity index (χ4n) is 2.29. The van der Waals surface area contributed by atoms with Crippen LogP contribution in [0.4, 0.5) is 0 Å². The van der Waals surface area contributed by atoms with E-state index in [1.807, 2.05) is 6.92 Å². The second kappa shape index (κ2) is 7.48. The van der Waals surface area contributed by atoms with Gasteiger partial charge in [-0.15, -0.1) is 0 Å². The number of hydrogen-bond acceptors (Lipinski definition) is 3. The lowest BCUT2D eigenvalue weighted by atomic mass is 10.1. The zero-order valence-electron chi connectivity index (χ0n) is 12.4. The maximum Gasteiger partial charge on any atom is 0.225 e. The third-order valence-corrected chi connectivity index (χ3v) is 3.49. The molecule has 0 saturated carbocycles. The van der Waals surface area contributed by atoms with Crippen LogP contribution in [-0.2, 0) is 14.3 Å². The topological polar surface area (TPSA) is 58.6 Å². The van der Waals surface area contributed by atoms with Gasteiger partial charge >= 0.3 is 0 Å². The largest absolute Gasteiger partial charge is 0.383 e. The van der Waals surface area contributed by atoms with Crippen LogP contribution in [0.25, 0.3) is 0 Å². The summed E-state index contributed by atoms with van der Waals surface area (Å²) >= 11 is 0. The van der Waals surface area contributed by atoms with E-state index in [0.29, 0.717) is 32.0 Å². The van der Waals surface area contributed by atoms with Gasteiger partial charge in [-0.3, -0.25) is 9.59 Å². The predicted molar refractivity (Wildman–Crippen MR) is 73.6 cm³/mol. The Hall–Kier alpha value is -1.10. The highest BCUT2D eigenvalue weighted by Gasteiger charge is 2.36. The average Bonchev–Trinajstić information content (AvgIpc) is 2.71. The molecule has 5 heteroatoms. The molecule has 0 bridgehead atoms. The van der Waals surface area contributed by atoms with Crippen molar-refractivity contribution >= 4 is 11.8 Å². The highest BCUT2D eigenvalue weighted by Crippen LogP contribution is 2.20. The van der Waals surface area contributed by atoms with Crippen molar-refractivity contribution < 1.29 is 14.3 Å². The van der Waals surface area contributed by atoms with Crippen molar-refractivity contribution in [3.05, 3.63) is 0 Å². The quantitative estimate of drug-likeness (QED) is 0.752. The molecule has 1 rings (SSSR count). The van der Waals surface area contributed by atoms with Crippen LogP contribution in [0.15, 0.2) is 0 Å². The van der Waals surface area contributed by atoms with E-state index in [4.69, 9.17) is 4.74 Å². The first-order chi connectivity index (χ1) is 8.95. The summed E-state index contributed by atoms with van der Waals surface area (Å²) in [6.45, 7) is 7.90. The Morgan fingerprint density at radius 1 is 1.47 bits per heavy atom. The fraction of sp³-hybridized carbons (Fsp3) is 0.857. The molecule has 5 nitrogen and oxygen atoms in total. The van der Waals surface area contributed by atoms with E-state index in [-0.39, 0.29) is 23.8 Å². The van der Waals surface area contributed by atoms with E-state index in [1.54, 1.807) is 12.0 Å². The Kier molecular flexibility index (Phi) is 6.28. The van der Waals surface area contributed by atoms with Gasteiger partial charge in [-0.1, -0.05) is 13.8 Å². The van der Waals surface area contributed by atoms with Gasteiger partial charge in [-0.05, 0) is 19.3 Å². The second-order valence-electron chi connectivity index (χ2n) is 5.73. The summed E-state index contributed by atoms with van der Waals surface area (Å²) < 4.78 is 5.06. The lowest BCUT2D eigenvalue weighted by Crippen LogP contribution is -2.39. The molecule has 0 aromatic rings. The first-order valence-electron chi connectivity index (χ1n) is 7.01. The molecule has 0 unspecified atom stereocenters. The summed E-state index contributed by atoms with van der Waals surface area (Å²) in [6.07, 6.45) is 1.29.